The standard InChI is InChI=1S/C20H26N2O6/c1-4-28-20(25)13-6-5-9-21(12-13)16-11-18(23)22(19(16)24)15-8-7-14(26-2)10-17(15)27-3/h7-8,10,13,16H,4-6,9,11-12H2,1-3H3/t13-,16+/m0/s1. The highest BCUT2D eigenvalue weighted by Crippen LogP contribution is 2.36. The van der Waals surface area contributed by atoms with Gasteiger partial charge in [-0.1, -0.05) is 0 Å². The molecule has 3 rings (SSSR count). The summed E-state index contributed by atoms with van der Waals surface area (Å²) in [6, 6.07) is 4.40. The van der Waals surface area contributed by atoms with Crippen LogP contribution in [0.25, 0.3) is 0 Å². The molecule has 0 spiro atoms. The van der Waals surface area contributed by atoms with Crippen LogP contribution in [-0.2, 0) is 19.1 Å². The Bertz CT molecular complexity index is 765. The van der Waals surface area contributed by atoms with Crippen LogP contribution in [0.1, 0.15) is 26.2 Å². The van der Waals surface area contributed by atoms with Crippen molar-refractivity contribution in [3.63, 3.8) is 0 Å². The summed E-state index contributed by atoms with van der Waals surface area (Å²) in [5.41, 5.74) is 0.403. The molecular weight excluding hydrogens is 364 g/mol. The lowest BCUT2D eigenvalue weighted by Crippen LogP contribution is -2.48. The van der Waals surface area contributed by atoms with Crippen molar-refractivity contribution in [2.45, 2.75) is 32.2 Å². The van der Waals surface area contributed by atoms with Crippen molar-refractivity contribution in [1.82, 2.24) is 4.90 Å². The third-order valence-electron chi connectivity index (χ3n) is 5.26. The van der Waals surface area contributed by atoms with Crippen LogP contribution in [0.2, 0.25) is 0 Å². The highest BCUT2D eigenvalue weighted by Gasteiger charge is 2.45. The van der Waals surface area contributed by atoms with Gasteiger partial charge in [0.1, 0.15) is 11.5 Å². The molecule has 0 aliphatic carbocycles. The molecule has 0 unspecified atom stereocenters. The second-order valence-electron chi connectivity index (χ2n) is 6.91. The van der Waals surface area contributed by atoms with Crippen LogP contribution >= 0.6 is 0 Å². The molecule has 152 valence electrons. The van der Waals surface area contributed by atoms with Crippen molar-refractivity contribution >= 4 is 23.5 Å². The number of hydrogen-bond donors (Lipinski definition) is 0. The second kappa shape index (κ2) is 8.60. The molecule has 2 heterocycles. The number of rotatable bonds is 6. The monoisotopic (exact) mass is 390 g/mol. The van der Waals surface area contributed by atoms with Crippen molar-refractivity contribution < 1.29 is 28.6 Å². The van der Waals surface area contributed by atoms with Gasteiger partial charge in [0.05, 0.1) is 44.9 Å². The Balaban J connectivity index is 1.79. The summed E-state index contributed by atoms with van der Waals surface area (Å²) in [6.45, 7) is 3.21. The number of carbonyl (C=O) groups excluding carboxylic acids is 3. The van der Waals surface area contributed by atoms with E-state index in [1.165, 1.54) is 19.1 Å². The fourth-order valence-corrected chi connectivity index (χ4v) is 3.87. The number of piperidine rings is 1. The molecular formula is C20H26N2O6. The maximum Gasteiger partial charge on any atom is 0.310 e. The van der Waals surface area contributed by atoms with Crippen LogP contribution in [-0.4, -0.2) is 62.6 Å². The van der Waals surface area contributed by atoms with Crippen LogP contribution in [0.3, 0.4) is 0 Å². The zero-order chi connectivity index (χ0) is 20.3. The van der Waals surface area contributed by atoms with Crippen LogP contribution in [0.15, 0.2) is 18.2 Å². The number of nitrogens with zero attached hydrogens (tertiary/aromatic N) is 2. The molecule has 2 amide bonds. The number of anilines is 1. The zero-order valence-electron chi connectivity index (χ0n) is 16.5. The van der Waals surface area contributed by atoms with E-state index >= 15 is 0 Å². The predicted octanol–water partition coefficient (Wildman–Crippen LogP) is 1.61. The van der Waals surface area contributed by atoms with E-state index in [0.717, 1.165) is 12.8 Å². The molecule has 0 saturated carbocycles. The first kappa shape index (κ1) is 20.1. The largest absolute Gasteiger partial charge is 0.497 e. The molecule has 0 radical (unpaired) electrons. The third kappa shape index (κ3) is 3.82. The number of benzene rings is 1. The van der Waals surface area contributed by atoms with Gasteiger partial charge in [-0.2, -0.15) is 0 Å². The zero-order valence-corrected chi connectivity index (χ0v) is 16.5. The molecule has 0 bridgehead atoms. The minimum absolute atomic E-state index is 0.0869. The fourth-order valence-electron chi connectivity index (χ4n) is 3.87. The van der Waals surface area contributed by atoms with Crippen LogP contribution < -0.4 is 14.4 Å². The Labute approximate surface area is 164 Å². The molecule has 28 heavy (non-hydrogen) atoms. The van der Waals surface area contributed by atoms with E-state index in [0.29, 0.717) is 36.9 Å². The Hall–Kier alpha value is -2.61. The summed E-state index contributed by atoms with van der Waals surface area (Å²) < 4.78 is 15.7. The first-order chi connectivity index (χ1) is 13.5. The Kier molecular flexibility index (Phi) is 6.18. The number of ether oxygens (including phenoxy) is 3. The number of esters is 1. The van der Waals surface area contributed by atoms with E-state index < -0.39 is 6.04 Å². The average Bonchev–Trinajstić information content (AvgIpc) is 3.01. The molecule has 0 aromatic heterocycles. The van der Waals surface area contributed by atoms with Gasteiger partial charge >= 0.3 is 5.97 Å². The molecule has 2 aliphatic rings. The van der Waals surface area contributed by atoms with Crippen LogP contribution in [0.4, 0.5) is 5.69 Å². The number of methoxy groups -OCH3 is 2. The third-order valence-corrected chi connectivity index (χ3v) is 5.26. The lowest BCUT2D eigenvalue weighted by molar-refractivity contribution is -0.150. The van der Waals surface area contributed by atoms with E-state index in [1.54, 1.807) is 25.1 Å². The van der Waals surface area contributed by atoms with Crippen molar-refractivity contribution in [2.75, 3.05) is 38.8 Å². The predicted molar refractivity (Wildman–Crippen MR) is 101 cm³/mol. The SMILES string of the molecule is CCOC(=O)[C@H]1CCCN([C@@H]2CC(=O)N(c3ccc(OC)cc3OC)C2=O)C1. The van der Waals surface area contributed by atoms with Crippen LogP contribution in [0.5, 0.6) is 11.5 Å². The molecule has 2 atom stereocenters. The van der Waals surface area contributed by atoms with Gasteiger partial charge in [0.15, 0.2) is 0 Å². The van der Waals surface area contributed by atoms with E-state index in [2.05, 4.69) is 0 Å². The minimum atomic E-state index is -0.573. The highest BCUT2D eigenvalue weighted by molar-refractivity contribution is 6.23. The summed E-state index contributed by atoms with van der Waals surface area (Å²) in [5, 5.41) is 0. The molecule has 2 aliphatic heterocycles. The van der Waals surface area contributed by atoms with Crippen molar-refractivity contribution in [3.8, 4) is 11.5 Å². The van der Waals surface area contributed by atoms with Gasteiger partial charge in [0, 0.05) is 12.6 Å². The first-order valence-corrected chi connectivity index (χ1v) is 9.49. The number of amides is 2. The summed E-state index contributed by atoms with van der Waals surface area (Å²) in [7, 11) is 3.02. The minimum Gasteiger partial charge on any atom is -0.497 e. The molecule has 1 aromatic rings. The quantitative estimate of drug-likeness (QED) is 0.539. The van der Waals surface area contributed by atoms with E-state index in [-0.39, 0.29) is 30.1 Å². The number of carbonyl (C=O) groups is 3. The fraction of sp³-hybridized carbons (Fsp3) is 0.550. The normalized spacial score (nSPS) is 23.0. The number of hydrogen-bond acceptors (Lipinski definition) is 7. The highest BCUT2D eigenvalue weighted by atomic mass is 16.5. The molecule has 8 heteroatoms. The van der Waals surface area contributed by atoms with Crippen molar-refractivity contribution in [3.05, 3.63) is 18.2 Å². The van der Waals surface area contributed by atoms with Gasteiger partial charge in [-0.15, -0.1) is 0 Å². The smallest absolute Gasteiger partial charge is 0.310 e. The van der Waals surface area contributed by atoms with Crippen LogP contribution in [0, 0.1) is 5.92 Å². The Morgan fingerprint density at radius 1 is 1.21 bits per heavy atom. The molecule has 2 fully saturated rings. The topological polar surface area (TPSA) is 85.4 Å². The molecule has 1 aromatic carbocycles. The van der Waals surface area contributed by atoms with Crippen molar-refractivity contribution in [2.24, 2.45) is 5.92 Å². The summed E-state index contributed by atoms with van der Waals surface area (Å²) in [4.78, 5) is 41.0. The van der Waals surface area contributed by atoms with Crippen molar-refractivity contribution in [1.29, 1.82) is 0 Å². The van der Waals surface area contributed by atoms with Gasteiger partial charge in [-0.05, 0) is 38.4 Å². The Morgan fingerprint density at radius 2 is 2.00 bits per heavy atom. The first-order valence-electron chi connectivity index (χ1n) is 9.49. The number of imide groups is 1. The van der Waals surface area contributed by atoms with Gasteiger partial charge in [-0.25, -0.2) is 4.90 Å². The van der Waals surface area contributed by atoms with Gasteiger partial charge < -0.3 is 14.2 Å². The second-order valence-corrected chi connectivity index (χ2v) is 6.91. The van der Waals surface area contributed by atoms with Gasteiger partial charge in [0.25, 0.3) is 5.91 Å². The van der Waals surface area contributed by atoms with E-state index in [9.17, 15) is 14.4 Å². The summed E-state index contributed by atoms with van der Waals surface area (Å²) in [5.74, 6) is -0.108. The van der Waals surface area contributed by atoms with Gasteiger partial charge in [-0.3, -0.25) is 19.3 Å². The molecule has 2 saturated heterocycles. The molecule has 0 N–H and O–H groups in total. The maximum atomic E-state index is 13.1. The maximum absolute atomic E-state index is 13.1. The summed E-state index contributed by atoms with van der Waals surface area (Å²) in [6.07, 6.45) is 1.61. The van der Waals surface area contributed by atoms with E-state index in [4.69, 9.17) is 14.2 Å². The lowest BCUT2D eigenvalue weighted by Gasteiger charge is -2.34. The summed E-state index contributed by atoms with van der Waals surface area (Å²) >= 11 is 0. The lowest BCUT2D eigenvalue weighted by atomic mass is 9.96. The number of likely N-dealkylation sites (tertiary alicyclic amines) is 1. The molecule has 8 nitrogen and oxygen atoms in total. The van der Waals surface area contributed by atoms with Gasteiger partial charge in [0.2, 0.25) is 5.91 Å². The average molecular weight is 390 g/mol. The van der Waals surface area contributed by atoms with E-state index in [1.807, 2.05) is 4.90 Å². The Morgan fingerprint density at radius 3 is 2.68 bits per heavy atom.